The lowest BCUT2D eigenvalue weighted by molar-refractivity contribution is -0.174. The summed E-state index contributed by atoms with van der Waals surface area (Å²) in [6.45, 7) is 1.76. The molecule has 0 saturated carbocycles. The van der Waals surface area contributed by atoms with Crippen molar-refractivity contribution in [3.05, 3.63) is 78.4 Å². The summed E-state index contributed by atoms with van der Waals surface area (Å²) < 4.78 is 18.0. The van der Waals surface area contributed by atoms with Gasteiger partial charge in [0.25, 0.3) is 0 Å². The molecule has 0 spiro atoms. The molecule has 0 aliphatic carbocycles. The molecule has 1 saturated heterocycles. The normalized spacial score (nSPS) is 16.3. The fourth-order valence-corrected chi connectivity index (χ4v) is 3.22. The quantitative estimate of drug-likeness (QED) is 0.692. The van der Waals surface area contributed by atoms with Gasteiger partial charge in [0.15, 0.2) is 5.79 Å². The Labute approximate surface area is 141 Å². The summed E-state index contributed by atoms with van der Waals surface area (Å²) in [5.74, 6) is 0.209. The third-order valence-electron chi connectivity index (χ3n) is 4.41. The van der Waals surface area contributed by atoms with Crippen molar-refractivity contribution >= 4 is 10.8 Å². The lowest BCUT2D eigenvalue weighted by Gasteiger charge is -2.28. The lowest BCUT2D eigenvalue weighted by atomic mass is 10.0. The van der Waals surface area contributed by atoms with E-state index in [2.05, 4.69) is 18.2 Å². The zero-order valence-corrected chi connectivity index (χ0v) is 13.5. The summed E-state index contributed by atoms with van der Waals surface area (Å²) in [6, 6.07) is 24.5. The van der Waals surface area contributed by atoms with Gasteiger partial charge in [0.1, 0.15) is 5.75 Å². The van der Waals surface area contributed by atoms with Crippen LogP contribution in [0.3, 0.4) is 0 Å². The molecule has 3 nitrogen and oxygen atoms in total. The van der Waals surface area contributed by atoms with E-state index in [1.807, 2.05) is 54.6 Å². The Kier molecular flexibility index (Phi) is 4.20. The monoisotopic (exact) mass is 320 g/mol. The third-order valence-corrected chi connectivity index (χ3v) is 4.41. The molecule has 24 heavy (non-hydrogen) atoms. The Morgan fingerprint density at radius 2 is 1.50 bits per heavy atom. The van der Waals surface area contributed by atoms with Crippen LogP contribution in [0.1, 0.15) is 12.0 Å². The molecular formula is C21H20O3. The molecule has 0 unspecified atom stereocenters. The third kappa shape index (κ3) is 2.88. The first kappa shape index (κ1) is 15.2. The zero-order chi connectivity index (χ0) is 16.2. The molecule has 0 amide bonds. The molecule has 1 aliphatic rings. The van der Waals surface area contributed by atoms with E-state index in [-0.39, 0.29) is 0 Å². The summed E-state index contributed by atoms with van der Waals surface area (Å²) in [6.07, 6.45) is 0.653. The highest BCUT2D eigenvalue weighted by Gasteiger charge is 2.38. The second kappa shape index (κ2) is 6.63. The topological polar surface area (TPSA) is 27.7 Å². The largest absolute Gasteiger partial charge is 0.493 e. The van der Waals surface area contributed by atoms with Crippen LogP contribution in [0.2, 0.25) is 0 Å². The molecule has 0 aromatic heterocycles. The first-order valence-electron chi connectivity index (χ1n) is 8.31. The Morgan fingerprint density at radius 3 is 2.33 bits per heavy atom. The number of ether oxygens (including phenoxy) is 3. The van der Waals surface area contributed by atoms with Gasteiger partial charge < -0.3 is 14.2 Å². The van der Waals surface area contributed by atoms with Gasteiger partial charge in [0, 0.05) is 17.4 Å². The van der Waals surface area contributed by atoms with Crippen molar-refractivity contribution in [2.24, 2.45) is 0 Å². The van der Waals surface area contributed by atoms with Crippen LogP contribution in [0.15, 0.2) is 72.8 Å². The van der Waals surface area contributed by atoms with Crippen LogP contribution < -0.4 is 4.74 Å². The minimum atomic E-state index is -0.689. The van der Waals surface area contributed by atoms with Crippen LogP contribution in [0.5, 0.6) is 5.75 Å². The molecular weight excluding hydrogens is 300 g/mol. The Bertz CT molecular complexity index is 802. The first-order chi connectivity index (χ1) is 11.9. The summed E-state index contributed by atoms with van der Waals surface area (Å²) >= 11 is 0. The number of benzene rings is 3. The van der Waals surface area contributed by atoms with Crippen molar-refractivity contribution in [3.8, 4) is 5.75 Å². The molecule has 0 atom stereocenters. The van der Waals surface area contributed by atoms with E-state index in [4.69, 9.17) is 14.2 Å². The Hall–Kier alpha value is -2.36. The maximum absolute atomic E-state index is 6.07. The van der Waals surface area contributed by atoms with Crippen LogP contribution in [-0.2, 0) is 15.3 Å². The Balaban J connectivity index is 1.51. The van der Waals surface area contributed by atoms with Crippen LogP contribution >= 0.6 is 0 Å². The molecule has 0 bridgehead atoms. The average Bonchev–Trinajstić information content (AvgIpc) is 3.13. The summed E-state index contributed by atoms with van der Waals surface area (Å²) in [4.78, 5) is 0. The number of rotatable bonds is 5. The number of fused-ring (bicyclic) bond motifs is 1. The van der Waals surface area contributed by atoms with Crippen LogP contribution in [-0.4, -0.2) is 19.8 Å². The van der Waals surface area contributed by atoms with Gasteiger partial charge >= 0.3 is 0 Å². The van der Waals surface area contributed by atoms with Crippen molar-refractivity contribution in [2.75, 3.05) is 19.8 Å². The van der Waals surface area contributed by atoms with Crippen LogP contribution in [0.4, 0.5) is 0 Å². The van der Waals surface area contributed by atoms with Gasteiger partial charge in [-0.3, -0.25) is 0 Å². The smallest absolute Gasteiger partial charge is 0.198 e. The van der Waals surface area contributed by atoms with E-state index in [1.54, 1.807) is 0 Å². The molecule has 3 aromatic carbocycles. The summed E-state index contributed by atoms with van der Waals surface area (Å²) in [7, 11) is 0. The summed E-state index contributed by atoms with van der Waals surface area (Å²) in [5, 5.41) is 2.31. The van der Waals surface area contributed by atoms with Gasteiger partial charge in [0.05, 0.1) is 19.8 Å². The SMILES string of the molecule is c1ccc(C2(CCOc3cccc4ccccc34)OCCO2)cc1. The molecule has 1 fully saturated rings. The van der Waals surface area contributed by atoms with Crippen LogP contribution in [0.25, 0.3) is 10.8 Å². The molecule has 1 aliphatic heterocycles. The van der Waals surface area contributed by atoms with E-state index in [1.165, 1.54) is 5.39 Å². The standard InChI is InChI=1S/C21H20O3/c1-2-9-18(10-3-1)21(23-15-16-24-21)13-14-22-20-12-6-8-17-7-4-5-11-19(17)20/h1-12H,13-16H2. The Morgan fingerprint density at radius 1 is 0.792 bits per heavy atom. The van der Waals surface area contributed by atoms with Crippen molar-refractivity contribution in [1.29, 1.82) is 0 Å². The van der Waals surface area contributed by atoms with E-state index in [0.717, 1.165) is 16.7 Å². The second-order valence-electron chi connectivity index (χ2n) is 5.89. The number of hydrogen-bond donors (Lipinski definition) is 0. The highest BCUT2D eigenvalue weighted by Crippen LogP contribution is 2.35. The van der Waals surface area contributed by atoms with Crippen molar-refractivity contribution in [2.45, 2.75) is 12.2 Å². The van der Waals surface area contributed by atoms with Gasteiger partial charge in [-0.25, -0.2) is 0 Å². The molecule has 122 valence electrons. The number of hydrogen-bond acceptors (Lipinski definition) is 3. The van der Waals surface area contributed by atoms with Gasteiger partial charge in [0.2, 0.25) is 0 Å². The zero-order valence-electron chi connectivity index (χ0n) is 13.5. The lowest BCUT2D eigenvalue weighted by Crippen LogP contribution is -2.29. The second-order valence-corrected chi connectivity index (χ2v) is 5.89. The molecule has 0 radical (unpaired) electrons. The molecule has 3 aromatic rings. The first-order valence-corrected chi connectivity index (χ1v) is 8.31. The molecule has 4 rings (SSSR count). The average molecular weight is 320 g/mol. The minimum absolute atomic E-state index is 0.531. The fraction of sp³-hybridized carbons (Fsp3) is 0.238. The van der Waals surface area contributed by atoms with Gasteiger partial charge in [-0.15, -0.1) is 0 Å². The molecule has 0 N–H and O–H groups in total. The van der Waals surface area contributed by atoms with Crippen molar-refractivity contribution in [1.82, 2.24) is 0 Å². The molecule has 3 heteroatoms. The maximum Gasteiger partial charge on any atom is 0.198 e. The maximum atomic E-state index is 6.07. The van der Waals surface area contributed by atoms with Crippen LogP contribution in [0, 0.1) is 0 Å². The summed E-state index contributed by atoms with van der Waals surface area (Å²) in [5.41, 5.74) is 1.05. The van der Waals surface area contributed by atoms with E-state index >= 15 is 0 Å². The highest BCUT2D eigenvalue weighted by atomic mass is 16.7. The van der Waals surface area contributed by atoms with Gasteiger partial charge in [-0.1, -0.05) is 66.7 Å². The predicted molar refractivity (Wildman–Crippen MR) is 94.1 cm³/mol. The fourth-order valence-electron chi connectivity index (χ4n) is 3.22. The van der Waals surface area contributed by atoms with Crippen molar-refractivity contribution in [3.63, 3.8) is 0 Å². The van der Waals surface area contributed by atoms with Gasteiger partial charge in [-0.05, 0) is 11.5 Å². The highest BCUT2D eigenvalue weighted by molar-refractivity contribution is 5.88. The molecule has 1 heterocycles. The van der Waals surface area contributed by atoms with Crippen molar-refractivity contribution < 1.29 is 14.2 Å². The van der Waals surface area contributed by atoms with E-state index in [9.17, 15) is 0 Å². The predicted octanol–water partition coefficient (Wildman–Crippen LogP) is 4.51. The minimum Gasteiger partial charge on any atom is -0.493 e. The van der Waals surface area contributed by atoms with E-state index < -0.39 is 5.79 Å². The van der Waals surface area contributed by atoms with Gasteiger partial charge in [-0.2, -0.15) is 0 Å². The van der Waals surface area contributed by atoms with E-state index in [0.29, 0.717) is 26.2 Å².